The highest BCUT2D eigenvalue weighted by molar-refractivity contribution is 5.26. The number of nitrogens with one attached hydrogen (secondary N) is 2. The highest BCUT2D eigenvalue weighted by atomic mass is 16.3. The van der Waals surface area contributed by atoms with E-state index in [0.29, 0.717) is 13.0 Å². The third-order valence-corrected chi connectivity index (χ3v) is 2.85. The molecule has 0 aliphatic carbocycles. The van der Waals surface area contributed by atoms with Gasteiger partial charge in [-0.05, 0) is 20.3 Å². The van der Waals surface area contributed by atoms with Gasteiger partial charge in [0.15, 0.2) is 5.82 Å². The molecule has 2 rings (SSSR count). The maximum absolute atomic E-state index is 9.50. The van der Waals surface area contributed by atoms with Crippen molar-refractivity contribution < 1.29 is 5.11 Å². The lowest BCUT2D eigenvalue weighted by atomic mass is 10.2. The molecule has 0 spiro atoms. The summed E-state index contributed by atoms with van der Waals surface area (Å²) < 4.78 is 2.05. The van der Waals surface area contributed by atoms with Crippen LogP contribution in [-0.2, 0) is 6.54 Å². The van der Waals surface area contributed by atoms with Crippen molar-refractivity contribution in [1.82, 2.24) is 20.1 Å². The van der Waals surface area contributed by atoms with Gasteiger partial charge in [0.2, 0.25) is 5.95 Å². The summed E-state index contributed by atoms with van der Waals surface area (Å²) in [7, 11) is 0. The van der Waals surface area contributed by atoms with E-state index >= 15 is 0 Å². The summed E-state index contributed by atoms with van der Waals surface area (Å²) in [6, 6.07) is 0.120. The van der Waals surface area contributed by atoms with Crippen LogP contribution in [-0.4, -0.2) is 39.1 Å². The molecular formula is C10H19N5O. The molecule has 16 heavy (non-hydrogen) atoms. The Morgan fingerprint density at radius 1 is 1.50 bits per heavy atom. The van der Waals surface area contributed by atoms with Crippen molar-refractivity contribution >= 4 is 5.95 Å². The van der Waals surface area contributed by atoms with Gasteiger partial charge >= 0.3 is 0 Å². The molecule has 6 heteroatoms. The summed E-state index contributed by atoms with van der Waals surface area (Å²) in [6.07, 6.45) is 0.444. The summed E-state index contributed by atoms with van der Waals surface area (Å²) in [5.41, 5.74) is 0. The SMILES string of the molecule is CCNc1nnc(C2CC(O)CN2)n1CC. The van der Waals surface area contributed by atoms with Crippen LogP contribution < -0.4 is 10.6 Å². The third-order valence-electron chi connectivity index (χ3n) is 2.85. The van der Waals surface area contributed by atoms with E-state index in [2.05, 4.69) is 32.3 Å². The second kappa shape index (κ2) is 4.80. The lowest BCUT2D eigenvalue weighted by molar-refractivity contribution is 0.192. The molecule has 1 aromatic rings. The molecular weight excluding hydrogens is 206 g/mol. The fourth-order valence-electron chi connectivity index (χ4n) is 2.09. The average Bonchev–Trinajstić information content (AvgIpc) is 2.85. The largest absolute Gasteiger partial charge is 0.392 e. The fraction of sp³-hybridized carbons (Fsp3) is 0.800. The molecule has 0 saturated carbocycles. The van der Waals surface area contributed by atoms with Gasteiger partial charge in [0.05, 0.1) is 12.1 Å². The second-order valence-electron chi connectivity index (χ2n) is 4.01. The summed E-state index contributed by atoms with van der Waals surface area (Å²) in [5.74, 6) is 1.72. The summed E-state index contributed by atoms with van der Waals surface area (Å²) in [4.78, 5) is 0. The lowest BCUT2D eigenvalue weighted by Gasteiger charge is -2.12. The molecule has 2 atom stereocenters. The van der Waals surface area contributed by atoms with Crippen LogP contribution in [0.2, 0.25) is 0 Å². The van der Waals surface area contributed by atoms with Crippen molar-refractivity contribution in [3.8, 4) is 0 Å². The van der Waals surface area contributed by atoms with Gasteiger partial charge in [-0.25, -0.2) is 0 Å². The standard InChI is InChI=1S/C10H19N5O/c1-3-11-10-14-13-9(15(10)4-2)8-5-7(16)6-12-8/h7-8,12,16H,3-6H2,1-2H3,(H,11,14). The van der Waals surface area contributed by atoms with Gasteiger partial charge in [0.25, 0.3) is 0 Å². The number of β-amino-alcohol motifs (C(OH)–C–C–N with tert-alkyl or cyclic N) is 1. The maximum Gasteiger partial charge on any atom is 0.224 e. The summed E-state index contributed by atoms with van der Waals surface area (Å²) in [6.45, 7) is 6.40. The first-order valence-electron chi connectivity index (χ1n) is 5.84. The Morgan fingerprint density at radius 2 is 2.31 bits per heavy atom. The molecule has 0 radical (unpaired) electrons. The number of hydrogen-bond acceptors (Lipinski definition) is 5. The van der Waals surface area contributed by atoms with Gasteiger partial charge in [-0.1, -0.05) is 0 Å². The van der Waals surface area contributed by atoms with Crippen LogP contribution in [0.15, 0.2) is 0 Å². The quantitative estimate of drug-likeness (QED) is 0.679. The Hall–Kier alpha value is -1.14. The van der Waals surface area contributed by atoms with Crippen molar-refractivity contribution in [2.45, 2.75) is 39.0 Å². The molecule has 0 aromatic carbocycles. The normalized spacial score (nSPS) is 24.9. The van der Waals surface area contributed by atoms with Gasteiger partial charge in [-0.15, -0.1) is 10.2 Å². The molecule has 1 aliphatic rings. The van der Waals surface area contributed by atoms with Crippen LogP contribution in [0.4, 0.5) is 5.95 Å². The van der Waals surface area contributed by atoms with Gasteiger partial charge in [-0.2, -0.15) is 0 Å². The van der Waals surface area contributed by atoms with E-state index in [1.807, 2.05) is 6.92 Å². The zero-order valence-electron chi connectivity index (χ0n) is 9.77. The van der Waals surface area contributed by atoms with Crippen LogP contribution >= 0.6 is 0 Å². The molecule has 2 unspecified atom stereocenters. The van der Waals surface area contributed by atoms with Crippen molar-refractivity contribution in [2.75, 3.05) is 18.4 Å². The van der Waals surface area contributed by atoms with E-state index in [0.717, 1.165) is 24.9 Å². The van der Waals surface area contributed by atoms with Crippen LogP contribution in [0.1, 0.15) is 32.1 Å². The van der Waals surface area contributed by atoms with Crippen LogP contribution in [0, 0.1) is 0 Å². The smallest absolute Gasteiger partial charge is 0.224 e. The van der Waals surface area contributed by atoms with Crippen LogP contribution in [0.25, 0.3) is 0 Å². The first kappa shape index (κ1) is 11.3. The second-order valence-corrected chi connectivity index (χ2v) is 4.01. The average molecular weight is 225 g/mol. The fourth-order valence-corrected chi connectivity index (χ4v) is 2.09. The lowest BCUT2D eigenvalue weighted by Crippen LogP contribution is -2.19. The van der Waals surface area contributed by atoms with Gasteiger partial charge in [0.1, 0.15) is 0 Å². The number of hydrogen-bond donors (Lipinski definition) is 3. The minimum Gasteiger partial charge on any atom is -0.392 e. The predicted octanol–water partition coefficient (Wildman–Crippen LogP) is 0.125. The molecule has 1 aromatic heterocycles. The van der Waals surface area contributed by atoms with E-state index < -0.39 is 0 Å². The number of anilines is 1. The Morgan fingerprint density at radius 3 is 2.88 bits per heavy atom. The van der Waals surface area contributed by atoms with Crippen LogP contribution in [0.3, 0.4) is 0 Å². The van der Waals surface area contributed by atoms with Crippen molar-refractivity contribution in [3.63, 3.8) is 0 Å². The number of aromatic nitrogens is 3. The van der Waals surface area contributed by atoms with E-state index in [1.165, 1.54) is 0 Å². The van der Waals surface area contributed by atoms with Crippen molar-refractivity contribution in [2.24, 2.45) is 0 Å². The summed E-state index contributed by atoms with van der Waals surface area (Å²) >= 11 is 0. The Balaban J connectivity index is 2.20. The Labute approximate surface area is 95.1 Å². The van der Waals surface area contributed by atoms with Crippen molar-refractivity contribution in [1.29, 1.82) is 0 Å². The summed E-state index contributed by atoms with van der Waals surface area (Å²) in [5, 5.41) is 24.3. The Bertz CT molecular complexity index is 351. The molecule has 1 fully saturated rings. The Kier molecular flexibility index (Phi) is 3.40. The molecule has 6 nitrogen and oxygen atoms in total. The number of aliphatic hydroxyl groups excluding tert-OH is 1. The van der Waals surface area contributed by atoms with Gasteiger partial charge in [-0.3, -0.25) is 4.57 Å². The number of nitrogens with zero attached hydrogens (tertiary/aromatic N) is 3. The van der Waals surface area contributed by atoms with E-state index in [1.54, 1.807) is 0 Å². The number of aliphatic hydroxyl groups is 1. The van der Waals surface area contributed by atoms with Gasteiger partial charge < -0.3 is 15.7 Å². The number of rotatable bonds is 4. The topological polar surface area (TPSA) is 75.0 Å². The van der Waals surface area contributed by atoms with Crippen molar-refractivity contribution in [3.05, 3.63) is 5.82 Å². The highest BCUT2D eigenvalue weighted by Crippen LogP contribution is 2.23. The molecule has 90 valence electrons. The predicted molar refractivity (Wildman–Crippen MR) is 61.2 cm³/mol. The van der Waals surface area contributed by atoms with Gasteiger partial charge in [0, 0.05) is 19.6 Å². The molecule has 0 amide bonds. The zero-order chi connectivity index (χ0) is 11.5. The molecule has 2 heterocycles. The third kappa shape index (κ3) is 2.03. The minimum atomic E-state index is -0.269. The zero-order valence-corrected chi connectivity index (χ0v) is 9.77. The molecule has 1 saturated heterocycles. The molecule has 3 N–H and O–H groups in total. The van der Waals surface area contributed by atoms with E-state index in [-0.39, 0.29) is 12.1 Å². The highest BCUT2D eigenvalue weighted by Gasteiger charge is 2.28. The first-order chi connectivity index (χ1) is 7.76. The van der Waals surface area contributed by atoms with Crippen LogP contribution in [0.5, 0.6) is 0 Å². The first-order valence-corrected chi connectivity index (χ1v) is 5.84. The molecule has 1 aliphatic heterocycles. The molecule has 0 bridgehead atoms. The van der Waals surface area contributed by atoms with E-state index in [9.17, 15) is 5.11 Å². The minimum absolute atomic E-state index is 0.120. The maximum atomic E-state index is 9.50. The monoisotopic (exact) mass is 225 g/mol. The van der Waals surface area contributed by atoms with E-state index in [4.69, 9.17) is 0 Å².